The van der Waals surface area contributed by atoms with Gasteiger partial charge in [0, 0.05) is 24.3 Å². The summed E-state index contributed by atoms with van der Waals surface area (Å²) in [6.45, 7) is 0. The molecule has 1 aliphatic carbocycles. The van der Waals surface area contributed by atoms with Crippen molar-refractivity contribution in [1.82, 2.24) is 5.32 Å². The van der Waals surface area contributed by atoms with Crippen LogP contribution in [0.3, 0.4) is 0 Å². The highest BCUT2D eigenvalue weighted by Crippen LogP contribution is 2.17. The summed E-state index contributed by atoms with van der Waals surface area (Å²) in [7, 11) is 0. The Balaban J connectivity index is 1.90. The van der Waals surface area contributed by atoms with Crippen LogP contribution in [0, 0.1) is 10.1 Å². The maximum atomic E-state index is 11.6. The number of nitro benzene ring substituents is 1. The van der Waals surface area contributed by atoms with Gasteiger partial charge in [0.05, 0.1) is 4.92 Å². The summed E-state index contributed by atoms with van der Waals surface area (Å²) >= 11 is 0. The zero-order valence-corrected chi connectivity index (χ0v) is 10.5. The van der Waals surface area contributed by atoms with Gasteiger partial charge in [0.1, 0.15) is 0 Å². The molecule has 0 heterocycles. The molecule has 0 radical (unpaired) electrons. The highest BCUT2D eigenvalue weighted by Gasteiger charge is 2.15. The maximum absolute atomic E-state index is 11.6. The molecule has 19 heavy (non-hydrogen) atoms. The van der Waals surface area contributed by atoms with Gasteiger partial charge >= 0.3 is 0 Å². The molecule has 0 aliphatic heterocycles. The molecule has 1 amide bonds. The number of rotatable bonds is 4. The van der Waals surface area contributed by atoms with Crippen molar-refractivity contribution in [3.8, 4) is 0 Å². The summed E-state index contributed by atoms with van der Waals surface area (Å²) in [5.41, 5.74) is 0.819. The third-order valence-corrected chi connectivity index (χ3v) is 3.23. The maximum Gasteiger partial charge on any atom is 0.269 e. The number of amides is 1. The lowest BCUT2D eigenvalue weighted by Crippen LogP contribution is -2.30. The molecule has 5 heteroatoms. The first kappa shape index (κ1) is 13.3. The quantitative estimate of drug-likeness (QED) is 0.514. The second-order valence-corrected chi connectivity index (χ2v) is 4.67. The van der Waals surface area contributed by atoms with Crippen molar-refractivity contribution in [3.63, 3.8) is 0 Å². The molecule has 1 saturated carbocycles. The number of hydrogen-bond acceptors (Lipinski definition) is 3. The normalized spacial score (nSPS) is 15.8. The van der Waals surface area contributed by atoms with E-state index in [1.807, 2.05) is 0 Å². The van der Waals surface area contributed by atoms with Crippen LogP contribution in [-0.2, 0) is 4.79 Å². The molecular weight excluding hydrogens is 244 g/mol. The minimum Gasteiger partial charge on any atom is -0.350 e. The van der Waals surface area contributed by atoms with Crippen LogP contribution in [-0.4, -0.2) is 16.9 Å². The van der Waals surface area contributed by atoms with E-state index in [0.29, 0.717) is 6.04 Å². The fourth-order valence-corrected chi connectivity index (χ4v) is 2.20. The third kappa shape index (κ3) is 3.91. The van der Waals surface area contributed by atoms with Gasteiger partial charge in [-0.05, 0) is 36.6 Å². The summed E-state index contributed by atoms with van der Waals surface area (Å²) in [5.74, 6) is -0.106. The van der Waals surface area contributed by atoms with Crippen molar-refractivity contribution in [2.75, 3.05) is 0 Å². The van der Waals surface area contributed by atoms with Crippen LogP contribution in [0.4, 0.5) is 5.69 Å². The average Bonchev–Trinajstić information content (AvgIpc) is 2.89. The van der Waals surface area contributed by atoms with Crippen molar-refractivity contribution in [3.05, 3.63) is 46.0 Å². The lowest BCUT2D eigenvalue weighted by Gasteiger charge is -2.08. The fraction of sp³-hybridized carbons (Fsp3) is 0.357. The minimum atomic E-state index is -0.444. The van der Waals surface area contributed by atoms with Gasteiger partial charge in [-0.3, -0.25) is 14.9 Å². The van der Waals surface area contributed by atoms with Gasteiger partial charge in [-0.2, -0.15) is 0 Å². The van der Waals surface area contributed by atoms with Crippen molar-refractivity contribution in [2.45, 2.75) is 31.7 Å². The van der Waals surface area contributed by atoms with E-state index >= 15 is 0 Å². The zero-order chi connectivity index (χ0) is 13.7. The number of benzene rings is 1. The highest BCUT2D eigenvalue weighted by atomic mass is 16.6. The van der Waals surface area contributed by atoms with E-state index in [0.717, 1.165) is 18.4 Å². The number of hydrogen-bond donors (Lipinski definition) is 1. The smallest absolute Gasteiger partial charge is 0.269 e. The van der Waals surface area contributed by atoms with Gasteiger partial charge in [-0.1, -0.05) is 12.8 Å². The van der Waals surface area contributed by atoms with Crippen molar-refractivity contribution >= 4 is 17.7 Å². The van der Waals surface area contributed by atoms with Gasteiger partial charge in [-0.25, -0.2) is 0 Å². The first-order valence-electron chi connectivity index (χ1n) is 6.38. The first-order valence-corrected chi connectivity index (χ1v) is 6.38. The molecule has 0 saturated heterocycles. The average molecular weight is 260 g/mol. The lowest BCUT2D eigenvalue weighted by atomic mass is 10.2. The van der Waals surface area contributed by atoms with Gasteiger partial charge < -0.3 is 5.32 Å². The Morgan fingerprint density at radius 3 is 2.47 bits per heavy atom. The zero-order valence-electron chi connectivity index (χ0n) is 10.5. The summed E-state index contributed by atoms with van der Waals surface area (Å²) in [4.78, 5) is 21.7. The molecule has 0 spiro atoms. The molecular formula is C14H16N2O3. The van der Waals surface area contributed by atoms with E-state index in [2.05, 4.69) is 5.32 Å². The molecule has 0 unspecified atom stereocenters. The molecule has 100 valence electrons. The van der Waals surface area contributed by atoms with E-state index < -0.39 is 4.92 Å². The summed E-state index contributed by atoms with van der Waals surface area (Å²) in [6.07, 6.45) is 7.59. The summed E-state index contributed by atoms with van der Waals surface area (Å²) in [5, 5.41) is 13.4. The fourth-order valence-electron chi connectivity index (χ4n) is 2.20. The topological polar surface area (TPSA) is 72.2 Å². The lowest BCUT2D eigenvalue weighted by molar-refractivity contribution is -0.384. The third-order valence-electron chi connectivity index (χ3n) is 3.23. The Kier molecular flexibility index (Phi) is 4.28. The molecule has 2 rings (SSSR count). The molecule has 5 nitrogen and oxygen atoms in total. The van der Waals surface area contributed by atoms with Crippen molar-refractivity contribution in [1.29, 1.82) is 0 Å². The predicted octanol–water partition coefficient (Wildman–Crippen LogP) is 2.67. The van der Waals surface area contributed by atoms with E-state index in [4.69, 9.17) is 0 Å². The Hall–Kier alpha value is -2.17. The molecule has 1 aromatic rings. The number of non-ortho nitro benzene ring substituents is 1. The van der Waals surface area contributed by atoms with E-state index in [1.54, 1.807) is 18.2 Å². The van der Waals surface area contributed by atoms with E-state index in [9.17, 15) is 14.9 Å². The molecule has 0 bridgehead atoms. The van der Waals surface area contributed by atoms with Crippen LogP contribution in [0.1, 0.15) is 31.2 Å². The first-order chi connectivity index (χ1) is 9.15. The Morgan fingerprint density at radius 1 is 1.26 bits per heavy atom. The van der Waals surface area contributed by atoms with Crippen LogP contribution in [0.2, 0.25) is 0 Å². The second-order valence-electron chi connectivity index (χ2n) is 4.67. The molecule has 0 aromatic heterocycles. The van der Waals surface area contributed by atoms with Gasteiger partial charge in [0.2, 0.25) is 5.91 Å². The van der Waals surface area contributed by atoms with Crippen molar-refractivity contribution < 1.29 is 9.72 Å². The summed E-state index contributed by atoms with van der Waals surface area (Å²) in [6, 6.07) is 6.40. The van der Waals surface area contributed by atoms with Crippen LogP contribution in [0.25, 0.3) is 6.08 Å². The Labute approximate surface area is 111 Å². The van der Waals surface area contributed by atoms with Crippen LogP contribution < -0.4 is 5.32 Å². The largest absolute Gasteiger partial charge is 0.350 e. The van der Waals surface area contributed by atoms with E-state index in [-0.39, 0.29) is 11.6 Å². The standard InChI is InChI=1S/C14H16N2O3/c17-14(15-12-3-1-2-4-12)10-7-11-5-8-13(9-6-11)16(18)19/h5-10,12H,1-4H2,(H,15,17). The second kappa shape index (κ2) is 6.13. The number of nitro groups is 1. The number of nitrogens with one attached hydrogen (secondary N) is 1. The van der Waals surface area contributed by atoms with Gasteiger partial charge in [0.25, 0.3) is 5.69 Å². The Bertz CT molecular complexity index is 488. The van der Waals surface area contributed by atoms with Gasteiger partial charge in [0.15, 0.2) is 0 Å². The molecule has 0 atom stereocenters. The van der Waals surface area contributed by atoms with Gasteiger partial charge in [-0.15, -0.1) is 0 Å². The minimum absolute atomic E-state index is 0.0487. The van der Waals surface area contributed by atoms with Crippen molar-refractivity contribution in [2.24, 2.45) is 0 Å². The number of nitrogens with zero attached hydrogens (tertiary/aromatic N) is 1. The molecule has 1 N–H and O–H groups in total. The monoisotopic (exact) mass is 260 g/mol. The molecule has 1 fully saturated rings. The molecule has 1 aromatic carbocycles. The van der Waals surface area contributed by atoms with Crippen LogP contribution >= 0.6 is 0 Å². The number of carbonyl (C=O) groups is 1. The van der Waals surface area contributed by atoms with Crippen LogP contribution in [0.5, 0.6) is 0 Å². The number of carbonyl (C=O) groups excluding carboxylic acids is 1. The molecule has 1 aliphatic rings. The summed E-state index contributed by atoms with van der Waals surface area (Å²) < 4.78 is 0. The highest BCUT2D eigenvalue weighted by molar-refractivity contribution is 5.91. The SMILES string of the molecule is O=C(C=Cc1ccc([N+](=O)[O-])cc1)NC1CCCC1. The predicted molar refractivity (Wildman–Crippen MR) is 72.5 cm³/mol. The van der Waals surface area contributed by atoms with Crippen LogP contribution in [0.15, 0.2) is 30.3 Å². The Morgan fingerprint density at radius 2 is 1.89 bits per heavy atom. The van der Waals surface area contributed by atoms with E-state index in [1.165, 1.54) is 31.1 Å².